The van der Waals surface area contributed by atoms with Gasteiger partial charge >= 0.3 is 12.1 Å². The molecule has 18 heavy (non-hydrogen) atoms. The lowest BCUT2D eigenvalue weighted by Crippen LogP contribution is -2.29. The number of rotatable bonds is 2. The molecule has 1 aromatic rings. The number of carbonyl (C=O) groups is 2. The van der Waals surface area contributed by atoms with Crippen molar-refractivity contribution in [2.75, 3.05) is 5.32 Å². The number of anilines is 1. The Hall–Kier alpha value is -1.56. The molecule has 3 nitrogen and oxygen atoms in total. The lowest BCUT2D eigenvalue weighted by atomic mass is 10.1. The summed E-state index contributed by atoms with van der Waals surface area (Å²) in [4.78, 5) is 21.6. The van der Waals surface area contributed by atoms with Gasteiger partial charge in [-0.05, 0) is 25.1 Å². The number of hydrogen-bond donors (Lipinski definition) is 1. The van der Waals surface area contributed by atoms with E-state index in [1.165, 1.54) is 19.1 Å². The number of halogens is 4. The van der Waals surface area contributed by atoms with Crippen molar-refractivity contribution in [1.82, 2.24) is 0 Å². The van der Waals surface area contributed by atoms with E-state index in [2.05, 4.69) is 0 Å². The van der Waals surface area contributed by atoms with Crippen LogP contribution in [-0.4, -0.2) is 17.9 Å². The molecule has 1 rings (SSSR count). The SMILES string of the molecule is C.CC(=O)c1ccc(NC(=O)C(F)(F)F)cc1Cl. The molecule has 0 spiro atoms. The molecule has 0 atom stereocenters. The van der Waals surface area contributed by atoms with Crippen LogP contribution in [0, 0.1) is 0 Å². The van der Waals surface area contributed by atoms with Crippen LogP contribution in [0.25, 0.3) is 0 Å². The van der Waals surface area contributed by atoms with Crippen molar-refractivity contribution in [1.29, 1.82) is 0 Å². The predicted molar refractivity (Wildman–Crippen MR) is 62.9 cm³/mol. The molecule has 0 bridgehead atoms. The van der Waals surface area contributed by atoms with E-state index in [1.807, 2.05) is 0 Å². The number of nitrogens with one attached hydrogen (secondary N) is 1. The topological polar surface area (TPSA) is 46.2 Å². The Labute approximate surface area is 107 Å². The Balaban J connectivity index is 0.00000289. The third-order valence-electron chi connectivity index (χ3n) is 1.86. The van der Waals surface area contributed by atoms with Gasteiger partial charge in [0.15, 0.2) is 5.78 Å². The largest absolute Gasteiger partial charge is 0.471 e. The molecule has 0 aliphatic heterocycles. The van der Waals surface area contributed by atoms with E-state index < -0.39 is 12.1 Å². The van der Waals surface area contributed by atoms with Crippen molar-refractivity contribution in [3.05, 3.63) is 28.8 Å². The summed E-state index contributed by atoms with van der Waals surface area (Å²) in [6, 6.07) is 3.50. The Morgan fingerprint density at radius 1 is 1.28 bits per heavy atom. The highest BCUT2D eigenvalue weighted by atomic mass is 35.5. The molecule has 0 unspecified atom stereocenters. The summed E-state index contributed by atoms with van der Waals surface area (Å²) in [5.41, 5.74) is 0.0546. The van der Waals surface area contributed by atoms with Crippen LogP contribution in [-0.2, 0) is 4.79 Å². The molecule has 1 N–H and O–H groups in total. The molecule has 0 radical (unpaired) electrons. The first-order valence-electron chi connectivity index (χ1n) is 4.40. The lowest BCUT2D eigenvalue weighted by molar-refractivity contribution is -0.167. The van der Waals surface area contributed by atoms with Gasteiger partial charge in [-0.1, -0.05) is 19.0 Å². The molecule has 0 heterocycles. The molecule has 0 aliphatic rings. The van der Waals surface area contributed by atoms with E-state index in [4.69, 9.17) is 11.6 Å². The van der Waals surface area contributed by atoms with Crippen molar-refractivity contribution < 1.29 is 22.8 Å². The maximum atomic E-state index is 11.9. The molecule has 0 saturated carbocycles. The van der Waals surface area contributed by atoms with E-state index in [1.54, 1.807) is 5.32 Å². The zero-order valence-corrected chi connectivity index (χ0v) is 9.32. The first-order valence-corrected chi connectivity index (χ1v) is 4.78. The quantitative estimate of drug-likeness (QED) is 0.841. The van der Waals surface area contributed by atoms with Crippen LogP contribution in [0.4, 0.5) is 18.9 Å². The Kier molecular flexibility index (Phi) is 5.35. The molecular formula is C11H11ClF3NO2. The van der Waals surface area contributed by atoms with Crippen molar-refractivity contribution in [3.63, 3.8) is 0 Å². The van der Waals surface area contributed by atoms with Gasteiger partial charge in [-0.25, -0.2) is 0 Å². The van der Waals surface area contributed by atoms with Crippen LogP contribution in [0.3, 0.4) is 0 Å². The standard InChI is InChI=1S/C10H7ClF3NO2.CH4/c1-5(16)7-3-2-6(4-8(7)11)15-9(17)10(12,13)14;/h2-4H,1H3,(H,15,17);1H4. The highest BCUT2D eigenvalue weighted by Crippen LogP contribution is 2.23. The van der Waals surface area contributed by atoms with Crippen molar-refractivity contribution in [2.45, 2.75) is 20.5 Å². The van der Waals surface area contributed by atoms with Gasteiger partial charge in [0.2, 0.25) is 0 Å². The summed E-state index contributed by atoms with van der Waals surface area (Å²) in [5.74, 6) is -2.41. The minimum absolute atomic E-state index is 0. The molecule has 0 aliphatic carbocycles. The maximum Gasteiger partial charge on any atom is 0.471 e. The lowest BCUT2D eigenvalue weighted by Gasteiger charge is -2.09. The highest BCUT2D eigenvalue weighted by molar-refractivity contribution is 6.34. The fourth-order valence-electron chi connectivity index (χ4n) is 1.08. The Bertz CT molecular complexity index is 472. The number of benzene rings is 1. The molecule has 7 heteroatoms. The van der Waals surface area contributed by atoms with Crippen LogP contribution in [0.15, 0.2) is 18.2 Å². The summed E-state index contributed by atoms with van der Waals surface area (Å²) >= 11 is 5.67. The van der Waals surface area contributed by atoms with Crippen molar-refractivity contribution in [2.24, 2.45) is 0 Å². The second kappa shape index (κ2) is 5.86. The minimum Gasteiger partial charge on any atom is -0.318 e. The number of alkyl halides is 3. The smallest absolute Gasteiger partial charge is 0.318 e. The van der Waals surface area contributed by atoms with Gasteiger partial charge in [0.1, 0.15) is 0 Å². The summed E-state index contributed by atoms with van der Waals surface area (Å²) < 4.78 is 35.8. The highest BCUT2D eigenvalue weighted by Gasteiger charge is 2.38. The van der Waals surface area contributed by atoms with E-state index in [0.29, 0.717) is 0 Å². The summed E-state index contributed by atoms with van der Waals surface area (Å²) in [5, 5.41) is 1.61. The zero-order valence-electron chi connectivity index (χ0n) is 8.56. The average Bonchev–Trinajstić information content (AvgIpc) is 2.15. The van der Waals surface area contributed by atoms with Gasteiger partial charge in [-0.2, -0.15) is 13.2 Å². The fourth-order valence-corrected chi connectivity index (χ4v) is 1.39. The van der Waals surface area contributed by atoms with Crippen molar-refractivity contribution in [3.8, 4) is 0 Å². The predicted octanol–water partition coefficient (Wildman–Crippen LogP) is 3.68. The first kappa shape index (κ1) is 16.4. The van der Waals surface area contributed by atoms with Gasteiger partial charge in [0.05, 0.1) is 5.02 Å². The molecule has 0 fully saturated rings. The monoisotopic (exact) mass is 281 g/mol. The number of carbonyl (C=O) groups excluding carboxylic acids is 2. The van der Waals surface area contributed by atoms with E-state index >= 15 is 0 Å². The van der Waals surface area contributed by atoms with Crippen LogP contribution in [0.5, 0.6) is 0 Å². The third kappa shape index (κ3) is 4.03. The average molecular weight is 282 g/mol. The van der Waals surface area contributed by atoms with Crippen LogP contribution >= 0.6 is 11.6 Å². The molecule has 0 saturated heterocycles. The van der Waals surface area contributed by atoms with Gasteiger partial charge in [-0.15, -0.1) is 0 Å². The van der Waals surface area contributed by atoms with Crippen molar-refractivity contribution >= 4 is 29.0 Å². The van der Waals surface area contributed by atoms with E-state index in [9.17, 15) is 22.8 Å². The minimum atomic E-state index is -4.97. The second-order valence-corrected chi connectivity index (χ2v) is 3.61. The van der Waals surface area contributed by atoms with E-state index in [-0.39, 0.29) is 29.5 Å². The number of ketones is 1. The van der Waals surface area contributed by atoms with Crippen LogP contribution < -0.4 is 5.32 Å². The van der Waals surface area contributed by atoms with Crippen LogP contribution in [0.1, 0.15) is 24.7 Å². The number of hydrogen-bond acceptors (Lipinski definition) is 2. The van der Waals surface area contributed by atoms with Gasteiger partial charge in [0.25, 0.3) is 0 Å². The molecule has 1 aromatic carbocycles. The summed E-state index contributed by atoms with van der Waals surface area (Å²) in [6.45, 7) is 1.27. The fraction of sp³-hybridized carbons (Fsp3) is 0.273. The zero-order chi connectivity index (χ0) is 13.2. The summed E-state index contributed by atoms with van der Waals surface area (Å²) in [7, 11) is 0. The maximum absolute atomic E-state index is 11.9. The number of Topliss-reactive ketones (excluding diaryl/α,β-unsaturated/α-hetero) is 1. The normalized spacial score (nSPS) is 10.5. The summed E-state index contributed by atoms with van der Waals surface area (Å²) in [6.07, 6.45) is -4.97. The molecule has 100 valence electrons. The van der Waals surface area contributed by atoms with Gasteiger partial charge in [0, 0.05) is 11.3 Å². The van der Waals surface area contributed by atoms with E-state index in [0.717, 1.165) is 6.07 Å². The Morgan fingerprint density at radius 3 is 2.22 bits per heavy atom. The Morgan fingerprint density at radius 2 is 1.83 bits per heavy atom. The van der Waals surface area contributed by atoms with Gasteiger partial charge < -0.3 is 5.32 Å². The van der Waals surface area contributed by atoms with Gasteiger partial charge in [-0.3, -0.25) is 9.59 Å². The second-order valence-electron chi connectivity index (χ2n) is 3.20. The third-order valence-corrected chi connectivity index (χ3v) is 2.18. The number of amides is 1. The molecule has 1 amide bonds. The van der Waals surface area contributed by atoms with Crippen LogP contribution in [0.2, 0.25) is 5.02 Å². The first-order chi connectivity index (χ1) is 7.71. The molecular weight excluding hydrogens is 271 g/mol. The molecule has 0 aromatic heterocycles.